The first-order valence-corrected chi connectivity index (χ1v) is 5.54. The quantitative estimate of drug-likeness (QED) is 0.846. The zero-order chi connectivity index (χ0) is 12.3. The standard InChI is InChI=1S/C13H22N2O/c1-9-8-11(6-7-12(9)16-5)13(10(2)14)15(3)4/h6-8,10,13H,14H2,1-5H3. The Kier molecular flexibility index (Phi) is 4.33. The van der Waals surface area contributed by atoms with Gasteiger partial charge in [-0.1, -0.05) is 12.1 Å². The molecule has 3 heteroatoms. The molecule has 2 atom stereocenters. The average Bonchev–Trinajstić information content (AvgIpc) is 2.16. The van der Waals surface area contributed by atoms with Crippen LogP contribution in [0.3, 0.4) is 0 Å². The average molecular weight is 222 g/mol. The molecular weight excluding hydrogens is 200 g/mol. The highest BCUT2D eigenvalue weighted by atomic mass is 16.5. The molecule has 0 aliphatic carbocycles. The molecule has 1 aromatic carbocycles. The van der Waals surface area contributed by atoms with Crippen LogP contribution in [0.5, 0.6) is 5.75 Å². The van der Waals surface area contributed by atoms with Gasteiger partial charge < -0.3 is 15.4 Å². The molecule has 0 fully saturated rings. The van der Waals surface area contributed by atoms with Gasteiger partial charge in [0, 0.05) is 12.1 Å². The zero-order valence-electron chi connectivity index (χ0n) is 10.8. The molecule has 90 valence electrons. The minimum Gasteiger partial charge on any atom is -0.496 e. The van der Waals surface area contributed by atoms with E-state index in [-0.39, 0.29) is 12.1 Å². The number of hydrogen-bond donors (Lipinski definition) is 1. The Balaban J connectivity index is 3.07. The summed E-state index contributed by atoms with van der Waals surface area (Å²) in [5, 5.41) is 0. The summed E-state index contributed by atoms with van der Waals surface area (Å²) in [6.07, 6.45) is 0. The summed E-state index contributed by atoms with van der Waals surface area (Å²) in [7, 11) is 5.79. The largest absolute Gasteiger partial charge is 0.496 e. The van der Waals surface area contributed by atoms with E-state index in [1.165, 1.54) is 5.56 Å². The summed E-state index contributed by atoms with van der Waals surface area (Å²) in [6.45, 7) is 4.08. The minimum atomic E-state index is 0.0998. The number of rotatable bonds is 4. The molecule has 2 unspecified atom stereocenters. The van der Waals surface area contributed by atoms with Gasteiger partial charge in [-0.3, -0.25) is 0 Å². The van der Waals surface area contributed by atoms with Crippen molar-refractivity contribution < 1.29 is 4.74 Å². The first-order valence-electron chi connectivity index (χ1n) is 5.54. The molecule has 0 aliphatic rings. The molecule has 2 N–H and O–H groups in total. The molecule has 3 nitrogen and oxygen atoms in total. The minimum absolute atomic E-state index is 0.0998. The van der Waals surface area contributed by atoms with Crippen LogP contribution in [-0.4, -0.2) is 32.1 Å². The van der Waals surface area contributed by atoms with Crippen molar-refractivity contribution in [2.45, 2.75) is 25.9 Å². The van der Waals surface area contributed by atoms with Gasteiger partial charge in [-0.05, 0) is 45.1 Å². The van der Waals surface area contributed by atoms with Crippen LogP contribution in [0.15, 0.2) is 18.2 Å². The lowest BCUT2D eigenvalue weighted by molar-refractivity contribution is 0.266. The topological polar surface area (TPSA) is 38.5 Å². The molecule has 1 aromatic rings. The molecule has 0 saturated carbocycles. The van der Waals surface area contributed by atoms with Crippen molar-refractivity contribution in [3.05, 3.63) is 29.3 Å². The molecule has 0 radical (unpaired) electrons. The summed E-state index contributed by atoms with van der Waals surface area (Å²) in [4.78, 5) is 2.14. The van der Waals surface area contributed by atoms with Crippen molar-refractivity contribution in [2.75, 3.05) is 21.2 Å². The van der Waals surface area contributed by atoms with Gasteiger partial charge in [0.15, 0.2) is 0 Å². The normalized spacial score (nSPS) is 14.9. The van der Waals surface area contributed by atoms with Crippen LogP contribution < -0.4 is 10.5 Å². The van der Waals surface area contributed by atoms with Gasteiger partial charge in [-0.2, -0.15) is 0 Å². The third-order valence-electron chi connectivity index (χ3n) is 2.81. The van der Waals surface area contributed by atoms with Crippen LogP contribution in [0.2, 0.25) is 0 Å². The lowest BCUT2D eigenvalue weighted by Gasteiger charge is -2.28. The number of benzene rings is 1. The van der Waals surface area contributed by atoms with Gasteiger partial charge in [0.2, 0.25) is 0 Å². The Morgan fingerprint density at radius 2 is 1.94 bits per heavy atom. The van der Waals surface area contributed by atoms with Gasteiger partial charge >= 0.3 is 0 Å². The van der Waals surface area contributed by atoms with Gasteiger partial charge in [0.25, 0.3) is 0 Å². The van der Waals surface area contributed by atoms with Crippen LogP contribution in [0.25, 0.3) is 0 Å². The number of ether oxygens (including phenoxy) is 1. The van der Waals surface area contributed by atoms with E-state index < -0.39 is 0 Å². The van der Waals surface area contributed by atoms with E-state index in [2.05, 4.69) is 24.0 Å². The molecule has 0 spiro atoms. The lowest BCUT2D eigenvalue weighted by Crippen LogP contribution is -2.35. The number of nitrogens with zero attached hydrogens (tertiary/aromatic N) is 1. The van der Waals surface area contributed by atoms with E-state index in [0.29, 0.717) is 0 Å². The van der Waals surface area contributed by atoms with Gasteiger partial charge in [-0.15, -0.1) is 0 Å². The molecule has 0 heterocycles. The van der Waals surface area contributed by atoms with E-state index in [1.807, 2.05) is 27.1 Å². The van der Waals surface area contributed by atoms with Crippen molar-refractivity contribution in [1.29, 1.82) is 0 Å². The van der Waals surface area contributed by atoms with Crippen LogP contribution in [0.1, 0.15) is 24.1 Å². The number of hydrogen-bond acceptors (Lipinski definition) is 3. The second kappa shape index (κ2) is 5.32. The predicted octanol–water partition coefficient (Wildman–Crippen LogP) is 1.95. The van der Waals surface area contributed by atoms with Crippen molar-refractivity contribution in [3.63, 3.8) is 0 Å². The summed E-state index contributed by atoms with van der Waals surface area (Å²) < 4.78 is 5.26. The molecular formula is C13H22N2O. The van der Waals surface area contributed by atoms with E-state index in [0.717, 1.165) is 11.3 Å². The van der Waals surface area contributed by atoms with Crippen molar-refractivity contribution >= 4 is 0 Å². The van der Waals surface area contributed by atoms with E-state index in [1.54, 1.807) is 7.11 Å². The Bertz CT molecular complexity index is 340. The maximum atomic E-state index is 6.02. The molecule has 0 amide bonds. The van der Waals surface area contributed by atoms with Crippen molar-refractivity contribution in [3.8, 4) is 5.75 Å². The molecule has 0 aliphatic heterocycles. The maximum Gasteiger partial charge on any atom is 0.121 e. The SMILES string of the molecule is COc1ccc(C(C(C)N)N(C)C)cc1C. The molecule has 0 bridgehead atoms. The van der Waals surface area contributed by atoms with Crippen LogP contribution in [0, 0.1) is 6.92 Å². The summed E-state index contributed by atoms with van der Waals surface area (Å²) in [6, 6.07) is 6.57. The second-order valence-corrected chi connectivity index (χ2v) is 4.50. The van der Waals surface area contributed by atoms with Gasteiger partial charge in [0.1, 0.15) is 5.75 Å². The van der Waals surface area contributed by atoms with E-state index >= 15 is 0 Å². The predicted molar refractivity (Wildman–Crippen MR) is 67.8 cm³/mol. The third kappa shape index (κ3) is 2.74. The maximum absolute atomic E-state index is 6.02. The van der Waals surface area contributed by atoms with E-state index in [4.69, 9.17) is 10.5 Å². The van der Waals surface area contributed by atoms with E-state index in [9.17, 15) is 0 Å². The Hall–Kier alpha value is -1.06. The molecule has 16 heavy (non-hydrogen) atoms. The van der Waals surface area contributed by atoms with Crippen molar-refractivity contribution in [2.24, 2.45) is 5.73 Å². The Morgan fingerprint density at radius 3 is 2.31 bits per heavy atom. The Labute approximate surface area is 98.2 Å². The number of likely N-dealkylation sites (N-methyl/N-ethyl adjacent to an activating group) is 1. The van der Waals surface area contributed by atoms with Gasteiger partial charge in [-0.25, -0.2) is 0 Å². The highest BCUT2D eigenvalue weighted by molar-refractivity contribution is 5.37. The highest BCUT2D eigenvalue weighted by Gasteiger charge is 2.18. The van der Waals surface area contributed by atoms with Gasteiger partial charge in [0.05, 0.1) is 7.11 Å². The highest BCUT2D eigenvalue weighted by Crippen LogP contribution is 2.26. The Morgan fingerprint density at radius 1 is 1.31 bits per heavy atom. The molecule has 0 saturated heterocycles. The summed E-state index contributed by atoms with van der Waals surface area (Å²) >= 11 is 0. The fourth-order valence-electron chi connectivity index (χ4n) is 2.16. The first kappa shape index (κ1) is 13.0. The lowest BCUT2D eigenvalue weighted by atomic mass is 9.98. The second-order valence-electron chi connectivity index (χ2n) is 4.50. The van der Waals surface area contributed by atoms with Crippen LogP contribution >= 0.6 is 0 Å². The zero-order valence-corrected chi connectivity index (χ0v) is 10.8. The monoisotopic (exact) mass is 222 g/mol. The fourth-order valence-corrected chi connectivity index (χ4v) is 2.16. The van der Waals surface area contributed by atoms with Crippen LogP contribution in [0.4, 0.5) is 0 Å². The third-order valence-corrected chi connectivity index (χ3v) is 2.81. The fraction of sp³-hybridized carbons (Fsp3) is 0.538. The van der Waals surface area contributed by atoms with Crippen molar-refractivity contribution in [1.82, 2.24) is 4.90 Å². The number of methoxy groups -OCH3 is 1. The smallest absolute Gasteiger partial charge is 0.121 e. The first-order chi connectivity index (χ1) is 7.47. The number of nitrogens with two attached hydrogens (primary N) is 1. The molecule has 1 rings (SSSR count). The summed E-state index contributed by atoms with van der Waals surface area (Å²) in [5.74, 6) is 0.922. The van der Waals surface area contributed by atoms with Crippen LogP contribution in [-0.2, 0) is 0 Å². The number of aryl methyl sites for hydroxylation is 1. The summed E-state index contributed by atoms with van der Waals surface area (Å²) in [5.41, 5.74) is 8.40. The molecule has 0 aromatic heterocycles.